The number of carboxylic acids is 1. The maximum atomic E-state index is 12.0. The zero-order chi connectivity index (χ0) is 14.4. The predicted molar refractivity (Wildman–Crippen MR) is 65.4 cm³/mol. The van der Waals surface area contributed by atoms with Gasteiger partial charge in [0, 0.05) is 6.54 Å². The molecule has 0 radical (unpaired) electrons. The zero-order valence-electron chi connectivity index (χ0n) is 10.8. The van der Waals surface area contributed by atoms with Crippen molar-refractivity contribution in [3.05, 3.63) is 0 Å². The number of nitrogens with two attached hydrogens (primary N) is 1. The molecule has 1 fully saturated rings. The predicted octanol–water partition coefficient (Wildman–Crippen LogP) is -0.865. The first-order chi connectivity index (χ1) is 8.97. The zero-order valence-corrected chi connectivity index (χ0v) is 10.8. The molecule has 0 aliphatic carbocycles. The van der Waals surface area contributed by atoms with E-state index in [-0.39, 0.29) is 13.2 Å². The molecule has 0 aromatic carbocycles. The number of urea groups is 1. The van der Waals surface area contributed by atoms with Crippen LogP contribution < -0.4 is 11.1 Å². The minimum absolute atomic E-state index is 0.0360. The maximum Gasteiger partial charge on any atom is 0.326 e. The Morgan fingerprint density at radius 3 is 2.74 bits per heavy atom. The third-order valence-corrected chi connectivity index (χ3v) is 2.89. The summed E-state index contributed by atoms with van der Waals surface area (Å²) < 4.78 is 5.08. The molecule has 4 N–H and O–H groups in total. The largest absolute Gasteiger partial charge is 0.480 e. The van der Waals surface area contributed by atoms with E-state index in [0.29, 0.717) is 19.4 Å². The first-order valence-electron chi connectivity index (χ1n) is 6.14. The Balaban J connectivity index is 2.68. The van der Waals surface area contributed by atoms with Crippen LogP contribution in [-0.2, 0) is 14.3 Å². The van der Waals surface area contributed by atoms with Crippen molar-refractivity contribution in [2.24, 2.45) is 5.73 Å². The summed E-state index contributed by atoms with van der Waals surface area (Å²) in [6.07, 6.45) is 0.951. The molecule has 0 bridgehead atoms. The topological polar surface area (TPSA) is 122 Å². The number of aliphatic carboxylic acids is 1. The summed E-state index contributed by atoms with van der Waals surface area (Å²) in [5.74, 6) is -1.77. The number of hydrogen-bond donors (Lipinski definition) is 3. The van der Waals surface area contributed by atoms with Crippen LogP contribution in [0.3, 0.4) is 0 Å². The van der Waals surface area contributed by atoms with Gasteiger partial charge in [-0.25, -0.2) is 9.59 Å². The molecule has 0 saturated carbocycles. The highest BCUT2D eigenvalue weighted by atomic mass is 16.5. The molecule has 1 aliphatic rings. The SMILES string of the molecule is CCC[C@@H](NC(=O)N1CCOCC1C(N)=O)C(=O)O. The molecule has 2 atom stereocenters. The fourth-order valence-electron chi connectivity index (χ4n) is 1.86. The van der Waals surface area contributed by atoms with E-state index in [4.69, 9.17) is 15.6 Å². The van der Waals surface area contributed by atoms with Crippen LogP contribution >= 0.6 is 0 Å². The van der Waals surface area contributed by atoms with E-state index >= 15 is 0 Å². The van der Waals surface area contributed by atoms with Gasteiger partial charge in [-0.3, -0.25) is 4.79 Å². The van der Waals surface area contributed by atoms with Gasteiger partial charge in [0.2, 0.25) is 5.91 Å². The lowest BCUT2D eigenvalue weighted by atomic mass is 10.1. The normalized spacial score (nSPS) is 20.7. The lowest BCUT2D eigenvalue weighted by Gasteiger charge is -2.34. The molecule has 19 heavy (non-hydrogen) atoms. The van der Waals surface area contributed by atoms with E-state index in [9.17, 15) is 14.4 Å². The highest BCUT2D eigenvalue weighted by Crippen LogP contribution is 2.08. The number of nitrogens with one attached hydrogen (secondary N) is 1. The quantitative estimate of drug-likeness (QED) is 0.601. The maximum absolute atomic E-state index is 12.0. The summed E-state index contributed by atoms with van der Waals surface area (Å²) >= 11 is 0. The number of ether oxygens (including phenoxy) is 1. The van der Waals surface area contributed by atoms with E-state index < -0.39 is 30.0 Å². The summed E-state index contributed by atoms with van der Waals surface area (Å²) in [7, 11) is 0. The van der Waals surface area contributed by atoms with Crippen molar-refractivity contribution in [1.29, 1.82) is 0 Å². The Labute approximate surface area is 110 Å². The molecular weight excluding hydrogens is 254 g/mol. The Bertz CT molecular complexity index is 360. The van der Waals surface area contributed by atoms with Crippen LogP contribution in [0.2, 0.25) is 0 Å². The number of primary amides is 1. The first-order valence-corrected chi connectivity index (χ1v) is 6.14. The van der Waals surface area contributed by atoms with Crippen LogP contribution in [0.5, 0.6) is 0 Å². The number of carbonyl (C=O) groups excluding carboxylic acids is 2. The van der Waals surface area contributed by atoms with E-state index in [2.05, 4.69) is 5.32 Å². The van der Waals surface area contributed by atoms with E-state index in [1.165, 1.54) is 4.90 Å². The average molecular weight is 273 g/mol. The van der Waals surface area contributed by atoms with Gasteiger partial charge in [0.05, 0.1) is 13.2 Å². The van der Waals surface area contributed by atoms with Crippen molar-refractivity contribution in [2.45, 2.75) is 31.8 Å². The number of nitrogens with zero attached hydrogens (tertiary/aromatic N) is 1. The number of morpholine rings is 1. The van der Waals surface area contributed by atoms with Crippen LogP contribution in [0.4, 0.5) is 4.79 Å². The molecule has 0 aromatic rings. The number of amides is 3. The Kier molecular flexibility index (Phi) is 5.56. The molecule has 0 aromatic heterocycles. The van der Waals surface area contributed by atoms with Crippen molar-refractivity contribution in [1.82, 2.24) is 10.2 Å². The third-order valence-electron chi connectivity index (χ3n) is 2.89. The van der Waals surface area contributed by atoms with Crippen LogP contribution in [0.25, 0.3) is 0 Å². The second kappa shape index (κ2) is 6.93. The van der Waals surface area contributed by atoms with Crippen molar-refractivity contribution in [3.63, 3.8) is 0 Å². The average Bonchev–Trinajstić information content (AvgIpc) is 2.37. The summed E-state index contributed by atoms with van der Waals surface area (Å²) in [6.45, 7) is 2.36. The third kappa shape index (κ3) is 4.09. The van der Waals surface area contributed by atoms with Gasteiger partial charge in [0.25, 0.3) is 0 Å². The molecule has 1 aliphatic heterocycles. The minimum atomic E-state index is -1.10. The smallest absolute Gasteiger partial charge is 0.326 e. The van der Waals surface area contributed by atoms with Crippen LogP contribution in [-0.4, -0.2) is 59.8 Å². The second-order valence-corrected chi connectivity index (χ2v) is 4.32. The van der Waals surface area contributed by atoms with E-state index in [1.807, 2.05) is 6.92 Å². The lowest BCUT2D eigenvalue weighted by molar-refractivity contribution is -0.139. The fourth-order valence-corrected chi connectivity index (χ4v) is 1.86. The monoisotopic (exact) mass is 273 g/mol. The van der Waals surface area contributed by atoms with Crippen LogP contribution in [0.15, 0.2) is 0 Å². The number of carboxylic acid groups (broad SMARTS) is 1. The van der Waals surface area contributed by atoms with Gasteiger partial charge in [-0.1, -0.05) is 13.3 Å². The van der Waals surface area contributed by atoms with Gasteiger partial charge in [0.15, 0.2) is 0 Å². The van der Waals surface area contributed by atoms with Crippen molar-refractivity contribution >= 4 is 17.9 Å². The highest BCUT2D eigenvalue weighted by molar-refractivity contribution is 5.88. The van der Waals surface area contributed by atoms with Gasteiger partial charge in [0.1, 0.15) is 12.1 Å². The Morgan fingerprint density at radius 2 is 2.21 bits per heavy atom. The van der Waals surface area contributed by atoms with Gasteiger partial charge in [-0.15, -0.1) is 0 Å². The Morgan fingerprint density at radius 1 is 1.53 bits per heavy atom. The molecule has 8 heteroatoms. The van der Waals surface area contributed by atoms with E-state index in [1.54, 1.807) is 0 Å². The molecule has 1 unspecified atom stereocenters. The highest BCUT2D eigenvalue weighted by Gasteiger charge is 2.33. The summed E-state index contributed by atoms with van der Waals surface area (Å²) in [4.78, 5) is 35.4. The lowest BCUT2D eigenvalue weighted by Crippen LogP contribution is -2.59. The van der Waals surface area contributed by atoms with Gasteiger partial charge in [-0.05, 0) is 6.42 Å². The minimum Gasteiger partial charge on any atom is -0.480 e. The number of hydrogen-bond acceptors (Lipinski definition) is 4. The summed E-state index contributed by atoms with van der Waals surface area (Å²) in [5.41, 5.74) is 5.19. The molecule has 108 valence electrons. The number of carbonyl (C=O) groups is 3. The van der Waals surface area contributed by atoms with Gasteiger partial charge in [-0.2, -0.15) is 0 Å². The van der Waals surface area contributed by atoms with Crippen molar-refractivity contribution < 1.29 is 24.2 Å². The first kappa shape index (κ1) is 15.2. The molecular formula is C11H19N3O5. The molecule has 3 amide bonds. The standard InChI is InChI=1S/C11H19N3O5/c1-2-3-7(10(16)17)13-11(18)14-4-5-19-6-8(14)9(12)15/h7-8H,2-6H2,1H3,(H2,12,15)(H,13,18)(H,16,17)/t7-,8?/m1/s1. The summed E-state index contributed by atoms with van der Waals surface area (Å²) in [5, 5.41) is 11.4. The molecule has 1 rings (SSSR count). The van der Waals surface area contributed by atoms with Crippen molar-refractivity contribution in [3.8, 4) is 0 Å². The van der Waals surface area contributed by atoms with Gasteiger partial charge >= 0.3 is 12.0 Å². The fraction of sp³-hybridized carbons (Fsp3) is 0.727. The number of rotatable bonds is 5. The molecule has 8 nitrogen and oxygen atoms in total. The van der Waals surface area contributed by atoms with Crippen molar-refractivity contribution in [2.75, 3.05) is 19.8 Å². The van der Waals surface area contributed by atoms with Crippen LogP contribution in [0.1, 0.15) is 19.8 Å². The van der Waals surface area contributed by atoms with Crippen LogP contribution in [0, 0.1) is 0 Å². The molecule has 1 heterocycles. The van der Waals surface area contributed by atoms with E-state index in [0.717, 1.165) is 0 Å². The van der Waals surface area contributed by atoms with Gasteiger partial charge < -0.3 is 25.8 Å². The Hall–Kier alpha value is -1.83. The molecule has 1 saturated heterocycles. The second-order valence-electron chi connectivity index (χ2n) is 4.32. The summed E-state index contributed by atoms with van der Waals surface area (Å²) in [6, 6.07) is -2.42. The molecule has 0 spiro atoms.